The van der Waals surface area contributed by atoms with Crippen molar-refractivity contribution in [3.8, 4) is 0 Å². The second-order valence-corrected chi connectivity index (χ2v) is 7.80. The van der Waals surface area contributed by atoms with E-state index in [2.05, 4.69) is 27.7 Å². The topological polar surface area (TPSA) is 20.2 Å². The Morgan fingerprint density at radius 2 is 1.60 bits per heavy atom. The average Bonchev–Trinajstić information content (AvgIpc) is 2.43. The van der Waals surface area contributed by atoms with Gasteiger partial charge in [-0.2, -0.15) is 0 Å². The zero-order valence-electron chi connectivity index (χ0n) is 14.6. The van der Waals surface area contributed by atoms with Gasteiger partial charge in [-0.25, -0.2) is 0 Å². The average molecular weight is 283 g/mol. The van der Waals surface area contributed by atoms with E-state index < -0.39 is 0 Å². The molecule has 1 fully saturated rings. The van der Waals surface area contributed by atoms with E-state index in [4.69, 9.17) is 0 Å². The van der Waals surface area contributed by atoms with E-state index in [-0.39, 0.29) is 6.10 Å². The summed E-state index contributed by atoms with van der Waals surface area (Å²) in [6.07, 6.45) is 10.9. The zero-order chi connectivity index (χ0) is 15.1. The molecule has 1 aliphatic rings. The molecule has 0 aliphatic heterocycles. The molecule has 20 heavy (non-hydrogen) atoms. The van der Waals surface area contributed by atoms with E-state index in [1.165, 1.54) is 51.4 Å². The maximum Gasteiger partial charge on any atom is 0.0537 e. The van der Waals surface area contributed by atoms with E-state index in [9.17, 15) is 5.11 Å². The molecule has 1 saturated carbocycles. The lowest BCUT2D eigenvalue weighted by molar-refractivity contribution is 0.121. The first kappa shape index (κ1) is 18.0. The molecule has 0 amide bonds. The summed E-state index contributed by atoms with van der Waals surface area (Å²) in [4.78, 5) is 0. The SMILES string of the molecule is CC[C@@H](CCC(C)C(C)O)C[C@H](C)C1CCC(C)CC1. The maximum absolute atomic E-state index is 9.62. The summed E-state index contributed by atoms with van der Waals surface area (Å²) >= 11 is 0. The Labute approximate surface area is 127 Å². The van der Waals surface area contributed by atoms with Crippen LogP contribution in [0.3, 0.4) is 0 Å². The molecule has 0 heterocycles. The van der Waals surface area contributed by atoms with Gasteiger partial charge in [0.15, 0.2) is 0 Å². The van der Waals surface area contributed by atoms with Crippen molar-refractivity contribution in [2.24, 2.45) is 29.6 Å². The smallest absolute Gasteiger partial charge is 0.0537 e. The first-order valence-corrected chi connectivity index (χ1v) is 9.12. The highest BCUT2D eigenvalue weighted by atomic mass is 16.3. The lowest BCUT2D eigenvalue weighted by Gasteiger charge is -2.33. The molecular weight excluding hydrogens is 244 g/mol. The Balaban J connectivity index is 2.31. The van der Waals surface area contributed by atoms with Gasteiger partial charge < -0.3 is 5.11 Å². The van der Waals surface area contributed by atoms with Crippen molar-refractivity contribution >= 4 is 0 Å². The van der Waals surface area contributed by atoms with Crippen molar-refractivity contribution in [3.05, 3.63) is 0 Å². The van der Waals surface area contributed by atoms with Gasteiger partial charge in [0.25, 0.3) is 0 Å². The summed E-state index contributed by atoms with van der Waals surface area (Å²) in [6.45, 7) is 11.3. The van der Waals surface area contributed by atoms with Crippen LogP contribution < -0.4 is 0 Å². The van der Waals surface area contributed by atoms with Crippen LogP contribution in [0.5, 0.6) is 0 Å². The first-order chi connectivity index (χ1) is 9.43. The van der Waals surface area contributed by atoms with Crippen LogP contribution in [0.25, 0.3) is 0 Å². The van der Waals surface area contributed by atoms with Crippen molar-refractivity contribution in [2.75, 3.05) is 0 Å². The van der Waals surface area contributed by atoms with Gasteiger partial charge in [0, 0.05) is 0 Å². The summed E-state index contributed by atoms with van der Waals surface area (Å²) in [5, 5.41) is 9.62. The summed E-state index contributed by atoms with van der Waals surface area (Å²) in [6, 6.07) is 0. The van der Waals surface area contributed by atoms with Crippen LogP contribution in [0.15, 0.2) is 0 Å². The van der Waals surface area contributed by atoms with Gasteiger partial charge in [0.05, 0.1) is 6.10 Å². The Morgan fingerprint density at radius 3 is 2.10 bits per heavy atom. The van der Waals surface area contributed by atoms with Gasteiger partial charge in [-0.05, 0) is 62.2 Å². The molecule has 0 spiro atoms. The van der Waals surface area contributed by atoms with Crippen LogP contribution in [0.4, 0.5) is 0 Å². The first-order valence-electron chi connectivity index (χ1n) is 9.12. The highest BCUT2D eigenvalue weighted by Crippen LogP contribution is 2.37. The molecule has 1 rings (SSSR count). The molecule has 1 N–H and O–H groups in total. The standard InChI is InChI=1S/C19H38O/c1-6-18(10-9-15(3)17(5)20)13-16(4)19-11-7-14(2)8-12-19/h14-20H,6-13H2,1-5H3/t14?,15?,16-,17?,18-,19?/m0/s1. The van der Waals surface area contributed by atoms with Crippen molar-refractivity contribution in [1.82, 2.24) is 0 Å². The molecule has 0 saturated heterocycles. The van der Waals surface area contributed by atoms with Gasteiger partial charge in [-0.15, -0.1) is 0 Å². The van der Waals surface area contributed by atoms with E-state index in [1.807, 2.05) is 6.92 Å². The fraction of sp³-hybridized carbons (Fsp3) is 1.00. The normalized spacial score (nSPS) is 29.7. The predicted molar refractivity (Wildman–Crippen MR) is 88.8 cm³/mol. The molecule has 0 aromatic carbocycles. The molecule has 2 unspecified atom stereocenters. The number of aliphatic hydroxyl groups is 1. The third kappa shape index (κ3) is 6.16. The van der Waals surface area contributed by atoms with E-state index in [0.29, 0.717) is 5.92 Å². The third-order valence-electron chi connectivity index (χ3n) is 6.00. The minimum atomic E-state index is -0.148. The fourth-order valence-corrected chi connectivity index (χ4v) is 3.80. The number of hydrogen-bond acceptors (Lipinski definition) is 1. The minimum Gasteiger partial charge on any atom is -0.393 e. The van der Waals surface area contributed by atoms with Crippen molar-refractivity contribution in [1.29, 1.82) is 0 Å². The van der Waals surface area contributed by atoms with Gasteiger partial charge in [0.2, 0.25) is 0 Å². The number of aliphatic hydroxyl groups excluding tert-OH is 1. The van der Waals surface area contributed by atoms with Crippen LogP contribution in [0, 0.1) is 29.6 Å². The Bertz CT molecular complexity index is 240. The summed E-state index contributed by atoms with van der Waals surface area (Å²) in [5.41, 5.74) is 0. The second-order valence-electron chi connectivity index (χ2n) is 7.80. The van der Waals surface area contributed by atoms with Gasteiger partial charge in [-0.3, -0.25) is 0 Å². The summed E-state index contributed by atoms with van der Waals surface area (Å²) in [5.74, 6) is 4.16. The van der Waals surface area contributed by atoms with Crippen LogP contribution in [0.2, 0.25) is 0 Å². The quantitative estimate of drug-likeness (QED) is 0.609. The highest BCUT2D eigenvalue weighted by molar-refractivity contribution is 4.76. The predicted octanol–water partition coefficient (Wildman–Crippen LogP) is 5.66. The third-order valence-corrected chi connectivity index (χ3v) is 6.00. The molecule has 120 valence electrons. The highest BCUT2D eigenvalue weighted by Gasteiger charge is 2.25. The van der Waals surface area contributed by atoms with Crippen LogP contribution >= 0.6 is 0 Å². The molecule has 0 aromatic heterocycles. The van der Waals surface area contributed by atoms with Crippen LogP contribution in [0.1, 0.15) is 86.0 Å². The van der Waals surface area contributed by atoms with E-state index in [1.54, 1.807) is 0 Å². The molecule has 0 radical (unpaired) electrons. The molecule has 0 bridgehead atoms. The molecular formula is C19H38O. The van der Waals surface area contributed by atoms with E-state index >= 15 is 0 Å². The minimum absolute atomic E-state index is 0.148. The Hall–Kier alpha value is -0.0400. The van der Waals surface area contributed by atoms with E-state index in [0.717, 1.165) is 23.7 Å². The summed E-state index contributed by atoms with van der Waals surface area (Å²) < 4.78 is 0. The monoisotopic (exact) mass is 282 g/mol. The Morgan fingerprint density at radius 1 is 1.00 bits per heavy atom. The van der Waals surface area contributed by atoms with Crippen LogP contribution in [-0.2, 0) is 0 Å². The molecule has 1 aliphatic carbocycles. The van der Waals surface area contributed by atoms with Crippen molar-refractivity contribution in [3.63, 3.8) is 0 Å². The number of hydrogen-bond donors (Lipinski definition) is 1. The Kier molecular flexibility index (Phi) is 8.17. The molecule has 4 atom stereocenters. The van der Waals surface area contributed by atoms with Gasteiger partial charge in [0.1, 0.15) is 0 Å². The largest absolute Gasteiger partial charge is 0.393 e. The lowest BCUT2D eigenvalue weighted by atomic mass is 9.73. The van der Waals surface area contributed by atoms with Gasteiger partial charge >= 0.3 is 0 Å². The van der Waals surface area contributed by atoms with Crippen LogP contribution in [-0.4, -0.2) is 11.2 Å². The summed E-state index contributed by atoms with van der Waals surface area (Å²) in [7, 11) is 0. The maximum atomic E-state index is 9.62. The van der Waals surface area contributed by atoms with Crippen molar-refractivity contribution in [2.45, 2.75) is 92.1 Å². The lowest BCUT2D eigenvalue weighted by Crippen LogP contribution is -2.21. The second kappa shape index (κ2) is 9.07. The number of rotatable bonds is 8. The van der Waals surface area contributed by atoms with Gasteiger partial charge in [-0.1, -0.05) is 53.4 Å². The zero-order valence-corrected chi connectivity index (χ0v) is 14.6. The van der Waals surface area contributed by atoms with Crippen molar-refractivity contribution < 1.29 is 5.11 Å². The molecule has 1 heteroatoms. The fourth-order valence-electron chi connectivity index (χ4n) is 3.80. The molecule has 0 aromatic rings. The molecule has 1 nitrogen and oxygen atoms in total.